The molecule has 0 atom stereocenters. The molecule has 0 aliphatic carbocycles. The maximum Gasteiger partial charge on any atom is -0.0142 e. The smallest absolute Gasteiger partial charge is 0.0142 e. The van der Waals surface area contributed by atoms with Gasteiger partial charge in [0.1, 0.15) is 0 Å². The summed E-state index contributed by atoms with van der Waals surface area (Å²) < 4.78 is 0. The molecule has 0 rings (SSSR count). The maximum atomic E-state index is 3.79. The van der Waals surface area contributed by atoms with Crippen molar-refractivity contribution in [2.45, 2.75) is 59.8 Å². The minimum absolute atomic E-state index is 1.03. The molecule has 0 aliphatic heterocycles. The molecule has 0 heterocycles. The molecule has 0 bridgehead atoms. The van der Waals surface area contributed by atoms with Gasteiger partial charge in [-0.3, -0.25) is 0 Å². The van der Waals surface area contributed by atoms with E-state index in [1.807, 2.05) is 6.08 Å². The first-order valence-corrected chi connectivity index (χ1v) is 6.64. The highest BCUT2D eigenvalue weighted by Gasteiger charge is 1.93. The Morgan fingerprint density at radius 2 is 1.65 bits per heavy atom. The summed E-state index contributed by atoms with van der Waals surface area (Å²) in [6, 6.07) is 0. The zero-order valence-electron chi connectivity index (χ0n) is 12.1. The van der Waals surface area contributed by atoms with E-state index in [0.717, 1.165) is 12.8 Å². The predicted molar refractivity (Wildman–Crippen MR) is 80.2 cm³/mol. The molecule has 17 heavy (non-hydrogen) atoms. The normalized spacial score (nSPS) is 12.5. The second-order valence-corrected chi connectivity index (χ2v) is 4.85. The first-order chi connectivity index (χ1) is 8.10. The first kappa shape index (κ1) is 16.0. The van der Waals surface area contributed by atoms with Gasteiger partial charge in [0.2, 0.25) is 0 Å². The predicted octanol–water partition coefficient (Wildman–Crippen LogP) is 5.98. The second-order valence-electron chi connectivity index (χ2n) is 4.85. The standard InChI is InChI=1S/C17H28/c1-6-10-17(7-2)14-9-13-16(5)12-8-11-15(3)4/h6-7,11,13H,1,8-10,12,14H2,2-5H3/b16-13+,17-7-. The summed E-state index contributed by atoms with van der Waals surface area (Å²) in [6.07, 6.45) is 14.6. The van der Waals surface area contributed by atoms with Crippen molar-refractivity contribution in [1.29, 1.82) is 0 Å². The molecular formula is C17H28. The highest BCUT2D eigenvalue weighted by Crippen LogP contribution is 2.13. The minimum Gasteiger partial charge on any atom is -0.103 e. The van der Waals surface area contributed by atoms with Crippen LogP contribution in [0.2, 0.25) is 0 Å². The van der Waals surface area contributed by atoms with Gasteiger partial charge in [-0.25, -0.2) is 0 Å². The summed E-state index contributed by atoms with van der Waals surface area (Å²) in [6.45, 7) is 12.5. The number of hydrogen-bond donors (Lipinski definition) is 0. The summed E-state index contributed by atoms with van der Waals surface area (Å²) in [5.41, 5.74) is 4.42. The SMILES string of the molecule is C=CC/C(=C/C)CC/C=C(\C)CCC=C(C)C. The Bertz CT molecular complexity index is 296. The lowest BCUT2D eigenvalue weighted by Gasteiger charge is -2.03. The van der Waals surface area contributed by atoms with E-state index < -0.39 is 0 Å². The monoisotopic (exact) mass is 232 g/mol. The van der Waals surface area contributed by atoms with Crippen molar-refractivity contribution in [1.82, 2.24) is 0 Å². The number of allylic oxidation sites excluding steroid dienone is 7. The van der Waals surface area contributed by atoms with E-state index in [0.29, 0.717) is 0 Å². The van der Waals surface area contributed by atoms with E-state index >= 15 is 0 Å². The molecule has 0 aromatic heterocycles. The molecule has 0 radical (unpaired) electrons. The molecule has 0 spiro atoms. The average molecular weight is 232 g/mol. The van der Waals surface area contributed by atoms with Crippen molar-refractivity contribution in [2.24, 2.45) is 0 Å². The van der Waals surface area contributed by atoms with E-state index in [1.165, 1.54) is 36.0 Å². The molecule has 96 valence electrons. The van der Waals surface area contributed by atoms with Gasteiger partial charge < -0.3 is 0 Å². The Kier molecular flexibility index (Phi) is 9.52. The minimum atomic E-state index is 1.03. The molecule has 0 saturated carbocycles. The van der Waals surface area contributed by atoms with E-state index in [2.05, 4.69) is 52.5 Å². The van der Waals surface area contributed by atoms with Crippen molar-refractivity contribution < 1.29 is 0 Å². The second kappa shape index (κ2) is 10.1. The number of rotatable bonds is 8. The van der Waals surface area contributed by atoms with Crippen LogP contribution in [0.5, 0.6) is 0 Å². The molecule has 0 heteroatoms. The Labute approximate surface area is 108 Å². The molecule has 0 aromatic rings. The van der Waals surface area contributed by atoms with E-state index in [-0.39, 0.29) is 0 Å². The van der Waals surface area contributed by atoms with Gasteiger partial charge in [0, 0.05) is 0 Å². The van der Waals surface area contributed by atoms with Crippen LogP contribution in [-0.2, 0) is 0 Å². The van der Waals surface area contributed by atoms with Crippen LogP contribution in [0.4, 0.5) is 0 Å². The fourth-order valence-corrected chi connectivity index (χ4v) is 1.74. The van der Waals surface area contributed by atoms with Gasteiger partial charge >= 0.3 is 0 Å². The maximum absolute atomic E-state index is 3.79. The third-order valence-corrected chi connectivity index (χ3v) is 2.86. The van der Waals surface area contributed by atoms with Crippen molar-refractivity contribution in [3.8, 4) is 0 Å². The van der Waals surface area contributed by atoms with Crippen LogP contribution in [-0.4, -0.2) is 0 Å². The van der Waals surface area contributed by atoms with Crippen molar-refractivity contribution >= 4 is 0 Å². The van der Waals surface area contributed by atoms with Crippen molar-refractivity contribution in [3.05, 3.63) is 47.6 Å². The summed E-state index contributed by atoms with van der Waals surface area (Å²) in [5, 5.41) is 0. The molecule has 0 fully saturated rings. The molecular weight excluding hydrogens is 204 g/mol. The van der Waals surface area contributed by atoms with Crippen molar-refractivity contribution in [3.63, 3.8) is 0 Å². The van der Waals surface area contributed by atoms with E-state index in [4.69, 9.17) is 0 Å². The third kappa shape index (κ3) is 9.86. The quantitative estimate of drug-likeness (QED) is 0.451. The van der Waals surface area contributed by atoms with Crippen molar-refractivity contribution in [2.75, 3.05) is 0 Å². The summed E-state index contributed by atoms with van der Waals surface area (Å²) >= 11 is 0. The van der Waals surface area contributed by atoms with Gasteiger partial charge in [-0.1, -0.05) is 41.0 Å². The van der Waals surface area contributed by atoms with Crippen LogP contribution >= 0.6 is 0 Å². The summed E-state index contributed by atoms with van der Waals surface area (Å²) in [4.78, 5) is 0. The molecule has 0 unspecified atom stereocenters. The van der Waals surface area contributed by atoms with Crippen LogP contribution < -0.4 is 0 Å². The average Bonchev–Trinajstić information content (AvgIpc) is 2.27. The molecule has 0 aliphatic rings. The highest BCUT2D eigenvalue weighted by atomic mass is 14.0. The first-order valence-electron chi connectivity index (χ1n) is 6.64. The van der Waals surface area contributed by atoms with E-state index in [1.54, 1.807) is 0 Å². The zero-order chi connectivity index (χ0) is 13.1. The molecule has 0 saturated heterocycles. The lowest BCUT2D eigenvalue weighted by molar-refractivity contribution is 0.901. The van der Waals surface area contributed by atoms with Gasteiger partial charge in [-0.15, -0.1) is 6.58 Å². The van der Waals surface area contributed by atoms with Gasteiger partial charge in [-0.05, 0) is 59.8 Å². The number of hydrogen-bond acceptors (Lipinski definition) is 0. The lowest BCUT2D eigenvalue weighted by Crippen LogP contribution is -1.82. The van der Waals surface area contributed by atoms with Gasteiger partial charge in [-0.2, -0.15) is 0 Å². The fraction of sp³-hybridized carbons (Fsp3) is 0.529. The van der Waals surface area contributed by atoms with Crippen LogP contribution in [0.1, 0.15) is 59.8 Å². The highest BCUT2D eigenvalue weighted by molar-refractivity contribution is 5.08. The lowest BCUT2D eigenvalue weighted by atomic mass is 10.0. The zero-order valence-corrected chi connectivity index (χ0v) is 12.1. The Hall–Kier alpha value is -1.04. The fourth-order valence-electron chi connectivity index (χ4n) is 1.74. The topological polar surface area (TPSA) is 0 Å². The third-order valence-electron chi connectivity index (χ3n) is 2.86. The summed E-state index contributed by atoms with van der Waals surface area (Å²) in [5.74, 6) is 0. The van der Waals surface area contributed by atoms with Gasteiger partial charge in [0.05, 0.1) is 0 Å². The molecule has 0 nitrogen and oxygen atoms in total. The Morgan fingerprint density at radius 1 is 1.00 bits per heavy atom. The van der Waals surface area contributed by atoms with Crippen LogP contribution in [0.15, 0.2) is 47.6 Å². The summed E-state index contributed by atoms with van der Waals surface area (Å²) in [7, 11) is 0. The Balaban J connectivity index is 3.90. The van der Waals surface area contributed by atoms with Gasteiger partial charge in [0.25, 0.3) is 0 Å². The van der Waals surface area contributed by atoms with Crippen LogP contribution in [0, 0.1) is 0 Å². The van der Waals surface area contributed by atoms with Gasteiger partial charge in [0.15, 0.2) is 0 Å². The van der Waals surface area contributed by atoms with Crippen LogP contribution in [0.3, 0.4) is 0 Å². The molecule has 0 aromatic carbocycles. The van der Waals surface area contributed by atoms with E-state index in [9.17, 15) is 0 Å². The van der Waals surface area contributed by atoms with Crippen LogP contribution in [0.25, 0.3) is 0 Å². The molecule has 0 N–H and O–H groups in total. The Morgan fingerprint density at radius 3 is 2.18 bits per heavy atom. The molecule has 0 amide bonds. The largest absolute Gasteiger partial charge is 0.103 e.